The number of aryl methyl sites for hydroxylation is 1. The summed E-state index contributed by atoms with van der Waals surface area (Å²) in [6.07, 6.45) is 0.475. The number of pyridine rings is 1. The second-order valence-corrected chi connectivity index (χ2v) is 8.72. The minimum atomic E-state index is -0.312. The van der Waals surface area contributed by atoms with Gasteiger partial charge in [0.2, 0.25) is 0 Å². The van der Waals surface area contributed by atoms with E-state index in [2.05, 4.69) is 0 Å². The van der Waals surface area contributed by atoms with Crippen LogP contribution in [-0.4, -0.2) is 59.6 Å². The second-order valence-electron chi connectivity index (χ2n) is 8.34. The zero-order valence-corrected chi connectivity index (χ0v) is 20.0. The first-order chi connectivity index (χ1) is 15.9. The predicted octanol–water partition coefficient (Wildman–Crippen LogP) is 5.48. The number of fused-ring (bicyclic) bond motifs is 1. The van der Waals surface area contributed by atoms with Gasteiger partial charge in [-0.15, -0.1) is 0 Å². The third-order valence-electron chi connectivity index (χ3n) is 6.05. The van der Waals surface area contributed by atoms with E-state index >= 15 is 0 Å². The summed E-state index contributed by atoms with van der Waals surface area (Å²) in [6.45, 7) is 8.25. The van der Waals surface area contributed by atoms with Crippen molar-refractivity contribution in [1.82, 2.24) is 14.8 Å². The summed E-state index contributed by atoms with van der Waals surface area (Å²) in [5.74, 6) is -0.0746. The van der Waals surface area contributed by atoms with E-state index in [1.54, 1.807) is 15.9 Å². The van der Waals surface area contributed by atoms with Crippen molar-refractivity contribution >= 4 is 34.5 Å². The molecular weight excluding hydrogens is 438 g/mol. The number of carbonyl (C=O) groups is 2. The first kappa shape index (κ1) is 23.1. The number of nitrogens with zero attached hydrogens (tertiary/aromatic N) is 3. The van der Waals surface area contributed by atoms with Gasteiger partial charge in [0.05, 0.1) is 22.8 Å². The molecule has 1 fully saturated rings. The van der Waals surface area contributed by atoms with E-state index in [9.17, 15) is 9.59 Å². The average Bonchev–Trinajstić information content (AvgIpc) is 2.84. The molecule has 0 atom stereocenters. The molecule has 2 aromatic carbocycles. The summed E-state index contributed by atoms with van der Waals surface area (Å²) >= 11 is 6.71. The van der Waals surface area contributed by atoms with Crippen LogP contribution in [0.4, 0.5) is 4.79 Å². The number of carbonyl (C=O) groups excluding carboxylic acids is 2. The van der Waals surface area contributed by atoms with Crippen LogP contribution in [0.15, 0.2) is 42.5 Å². The lowest BCUT2D eigenvalue weighted by Crippen LogP contribution is -2.50. The standard InChI is InChI=1S/C26H28ClN3O3/c1-4-15-33-26(32)30-13-11-29(12-14-30)25(31)19-9-10-21-22(16-19)28-24(18(3)23(21)27)20-8-6-5-7-17(20)2/h5-10,16H,4,11-15H2,1-3H3. The number of benzene rings is 2. The van der Waals surface area contributed by atoms with E-state index < -0.39 is 0 Å². The van der Waals surface area contributed by atoms with Crippen molar-refractivity contribution in [2.24, 2.45) is 0 Å². The summed E-state index contributed by atoms with van der Waals surface area (Å²) in [5, 5.41) is 1.47. The molecule has 2 heterocycles. The fourth-order valence-electron chi connectivity index (χ4n) is 4.11. The van der Waals surface area contributed by atoms with Crippen LogP contribution in [-0.2, 0) is 4.74 Å². The highest BCUT2D eigenvalue weighted by Gasteiger charge is 2.26. The lowest BCUT2D eigenvalue weighted by Gasteiger charge is -2.34. The fraction of sp³-hybridized carbons (Fsp3) is 0.346. The first-order valence-electron chi connectivity index (χ1n) is 11.3. The molecule has 0 spiro atoms. The smallest absolute Gasteiger partial charge is 0.409 e. The van der Waals surface area contributed by atoms with Crippen LogP contribution in [0.2, 0.25) is 5.02 Å². The van der Waals surface area contributed by atoms with Gasteiger partial charge < -0.3 is 14.5 Å². The van der Waals surface area contributed by atoms with Crippen molar-refractivity contribution < 1.29 is 14.3 Å². The average molecular weight is 466 g/mol. The van der Waals surface area contributed by atoms with Crippen LogP contribution in [0.25, 0.3) is 22.2 Å². The summed E-state index contributed by atoms with van der Waals surface area (Å²) in [5.41, 5.74) is 5.15. The van der Waals surface area contributed by atoms with E-state index in [-0.39, 0.29) is 12.0 Å². The molecule has 0 bridgehead atoms. The zero-order chi connectivity index (χ0) is 23.5. The maximum absolute atomic E-state index is 13.2. The molecule has 33 heavy (non-hydrogen) atoms. The van der Waals surface area contributed by atoms with E-state index in [4.69, 9.17) is 21.3 Å². The lowest BCUT2D eigenvalue weighted by atomic mass is 9.99. The van der Waals surface area contributed by atoms with Crippen molar-refractivity contribution in [3.8, 4) is 11.3 Å². The first-order valence-corrected chi connectivity index (χ1v) is 11.6. The molecule has 1 aromatic heterocycles. The highest BCUT2D eigenvalue weighted by molar-refractivity contribution is 6.36. The molecule has 172 valence electrons. The van der Waals surface area contributed by atoms with E-state index in [1.165, 1.54) is 0 Å². The van der Waals surface area contributed by atoms with Crippen LogP contribution in [0, 0.1) is 13.8 Å². The van der Waals surface area contributed by atoms with E-state index in [0.29, 0.717) is 48.9 Å². The molecule has 4 rings (SSSR count). The molecule has 7 heteroatoms. The van der Waals surface area contributed by atoms with Crippen molar-refractivity contribution in [3.63, 3.8) is 0 Å². The fourth-order valence-corrected chi connectivity index (χ4v) is 4.36. The number of hydrogen-bond acceptors (Lipinski definition) is 4. The molecule has 2 amide bonds. The molecule has 0 N–H and O–H groups in total. The van der Waals surface area contributed by atoms with Crippen LogP contribution in [0.1, 0.15) is 34.8 Å². The predicted molar refractivity (Wildman–Crippen MR) is 131 cm³/mol. The van der Waals surface area contributed by atoms with Crippen LogP contribution in [0.5, 0.6) is 0 Å². The van der Waals surface area contributed by atoms with Gasteiger partial charge in [0.25, 0.3) is 5.91 Å². The monoisotopic (exact) mass is 465 g/mol. The van der Waals surface area contributed by atoms with Crippen LogP contribution < -0.4 is 0 Å². The highest BCUT2D eigenvalue weighted by Crippen LogP contribution is 2.34. The Kier molecular flexibility index (Phi) is 6.84. The Hall–Kier alpha value is -3.12. The third-order valence-corrected chi connectivity index (χ3v) is 6.54. The molecule has 1 aliphatic heterocycles. The number of halogens is 1. The molecule has 0 radical (unpaired) electrons. The number of hydrogen-bond donors (Lipinski definition) is 0. The molecule has 6 nitrogen and oxygen atoms in total. The lowest BCUT2D eigenvalue weighted by molar-refractivity contribution is 0.0560. The number of piperazine rings is 1. The van der Waals surface area contributed by atoms with Crippen molar-refractivity contribution in [3.05, 3.63) is 64.2 Å². The Balaban J connectivity index is 1.58. The topological polar surface area (TPSA) is 62.7 Å². The Morgan fingerprint density at radius 1 is 1.03 bits per heavy atom. The molecular formula is C26H28ClN3O3. The van der Waals surface area contributed by atoms with E-state index in [1.807, 2.05) is 57.2 Å². The van der Waals surface area contributed by atoms with Gasteiger partial charge in [0.15, 0.2) is 0 Å². The molecule has 0 saturated carbocycles. The SMILES string of the molecule is CCCOC(=O)N1CCN(C(=O)c2ccc3c(Cl)c(C)c(-c4ccccc4C)nc3c2)CC1. The van der Waals surface area contributed by atoms with Gasteiger partial charge in [0.1, 0.15) is 0 Å². The van der Waals surface area contributed by atoms with Gasteiger partial charge in [-0.05, 0) is 43.5 Å². The Labute approximate surface area is 199 Å². The maximum atomic E-state index is 13.2. The Morgan fingerprint density at radius 2 is 1.73 bits per heavy atom. The minimum absolute atomic E-state index is 0.0746. The number of amides is 2. The minimum Gasteiger partial charge on any atom is -0.449 e. The highest BCUT2D eigenvalue weighted by atomic mass is 35.5. The maximum Gasteiger partial charge on any atom is 0.409 e. The number of rotatable bonds is 4. The van der Waals surface area contributed by atoms with Gasteiger partial charge in [-0.2, -0.15) is 0 Å². The molecule has 0 aliphatic carbocycles. The summed E-state index contributed by atoms with van der Waals surface area (Å²) < 4.78 is 5.20. The molecule has 3 aromatic rings. The van der Waals surface area contributed by atoms with Crippen molar-refractivity contribution in [2.75, 3.05) is 32.8 Å². The van der Waals surface area contributed by atoms with Crippen molar-refractivity contribution in [1.29, 1.82) is 0 Å². The largest absolute Gasteiger partial charge is 0.449 e. The molecule has 0 unspecified atom stereocenters. The van der Waals surface area contributed by atoms with Gasteiger partial charge >= 0.3 is 6.09 Å². The Bertz CT molecular complexity index is 1200. The Morgan fingerprint density at radius 3 is 2.42 bits per heavy atom. The van der Waals surface area contributed by atoms with Gasteiger partial charge in [-0.3, -0.25) is 4.79 Å². The van der Waals surface area contributed by atoms with Gasteiger partial charge in [-0.1, -0.05) is 48.9 Å². The second kappa shape index (κ2) is 9.79. The molecule has 1 saturated heterocycles. The van der Waals surface area contributed by atoms with Crippen molar-refractivity contribution in [2.45, 2.75) is 27.2 Å². The van der Waals surface area contributed by atoms with Gasteiger partial charge in [-0.25, -0.2) is 9.78 Å². The summed E-state index contributed by atoms with van der Waals surface area (Å²) in [6, 6.07) is 13.5. The zero-order valence-electron chi connectivity index (χ0n) is 19.2. The van der Waals surface area contributed by atoms with E-state index in [0.717, 1.165) is 34.2 Å². The molecule has 1 aliphatic rings. The van der Waals surface area contributed by atoms with Gasteiger partial charge in [0, 0.05) is 42.7 Å². The third kappa shape index (κ3) is 4.67. The number of aromatic nitrogens is 1. The quantitative estimate of drug-likeness (QED) is 0.512. The summed E-state index contributed by atoms with van der Waals surface area (Å²) in [4.78, 5) is 33.6. The summed E-state index contributed by atoms with van der Waals surface area (Å²) in [7, 11) is 0. The van der Waals surface area contributed by atoms with Crippen LogP contribution in [0.3, 0.4) is 0 Å². The number of ether oxygens (including phenoxy) is 1. The normalized spacial score (nSPS) is 13.9. The van der Waals surface area contributed by atoms with Crippen LogP contribution >= 0.6 is 11.6 Å².